The number of alkyl halides is 2. The van der Waals surface area contributed by atoms with Gasteiger partial charge in [-0.05, 0) is 16.0 Å². The van der Waals surface area contributed by atoms with Crippen LogP contribution in [0.5, 0.6) is 0 Å². The van der Waals surface area contributed by atoms with E-state index in [4.69, 9.17) is 16.7 Å². The molecule has 0 saturated heterocycles. The van der Waals surface area contributed by atoms with Crippen LogP contribution in [0.3, 0.4) is 0 Å². The summed E-state index contributed by atoms with van der Waals surface area (Å²) in [4.78, 5) is 12.5. The molecule has 0 saturated carbocycles. The highest BCUT2D eigenvalue weighted by Gasteiger charge is 2.25. The molecule has 0 unspecified atom stereocenters. The highest BCUT2D eigenvalue weighted by molar-refractivity contribution is 6.33. The molecular formula is C7H5ClF2N2O3. The van der Waals surface area contributed by atoms with Gasteiger partial charge in [0, 0.05) is 5.56 Å². The lowest BCUT2D eigenvalue weighted by Crippen LogP contribution is -2.01. The van der Waals surface area contributed by atoms with Crippen molar-refractivity contribution < 1.29 is 18.8 Å². The maximum atomic E-state index is 12.2. The second-order valence-electron chi connectivity index (χ2n) is 2.56. The van der Waals surface area contributed by atoms with Gasteiger partial charge in [0.05, 0.1) is 6.61 Å². The molecule has 82 valence electrons. The SMILES string of the molecule is O=[N+]([O-])c1nc(C(F)F)cc(CO)c1Cl. The Kier molecular flexibility index (Phi) is 3.48. The normalized spacial score (nSPS) is 10.7. The van der Waals surface area contributed by atoms with Crippen LogP contribution in [0.25, 0.3) is 0 Å². The van der Waals surface area contributed by atoms with Crippen LogP contribution in [0, 0.1) is 10.1 Å². The number of aromatic nitrogens is 1. The molecule has 0 aromatic carbocycles. The lowest BCUT2D eigenvalue weighted by atomic mass is 10.2. The van der Waals surface area contributed by atoms with Gasteiger partial charge in [0.2, 0.25) is 5.69 Å². The predicted molar refractivity (Wildman–Crippen MR) is 46.8 cm³/mol. The zero-order valence-corrected chi connectivity index (χ0v) is 7.91. The first-order valence-electron chi connectivity index (χ1n) is 3.70. The van der Waals surface area contributed by atoms with Crippen molar-refractivity contribution in [2.75, 3.05) is 0 Å². The molecule has 5 nitrogen and oxygen atoms in total. The van der Waals surface area contributed by atoms with Crippen molar-refractivity contribution >= 4 is 17.4 Å². The molecule has 0 aliphatic heterocycles. The summed E-state index contributed by atoms with van der Waals surface area (Å²) in [5, 5.41) is 18.7. The van der Waals surface area contributed by atoms with Crippen LogP contribution in [0.4, 0.5) is 14.6 Å². The van der Waals surface area contributed by atoms with Crippen LogP contribution in [0.1, 0.15) is 17.7 Å². The molecule has 1 rings (SSSR count). The van der Waals surface area contributed by atoms with Crippen molar-refractivity contribution in [1.29, 1.82) is 0 Å². The van der Waals surface area contributed by atoms with Gasteiger partial charge in [0.15, 0.2) is 0 Å². The van der Waals surface area contributed by atoms with E-state index >= 15 is 0 Å². The van der Waals surface area contributed by atoms with Gasteiger partial charge in [-0.3, -0.25) is 0 Å². The van der Waals surface area contributed by atoms with E-state index in [9.17, 15) is 18.9 Å². The molecule has 15 heavy (non-hydrogen) atoms. The van der Waals surface area contributed by atoms with Gasteiger partial charge in [-0.25, -0.2) is 8.78 Å². The Morgan fingerprint density at radius 2 is 2.27 bits per heavy atom. The largest absolute Gasteiger partial charge is 0.392 e. The van der Waals surface area contributed by atoms with Crippen molar-refractivity contribution in [2.45, 2.75) is 13.0 Å². The van der Waals surface area contributed by atoms with Gasteiger partial charge in [-0.1, -0.05) is 11.6 Å². The smallest absolute Gasteiger partial charge is 0.383 e. The number of nitro groups is 1. The summed E-state index contributed by atoms with van der Waals surface area (Å²) in [6.07, 6.45) is -2.95. The van der Waals surface area contributed by atoms with E-state index in [0.29, 0.717) is 0 Å². The zero-order valence-electron chi connectivity index (χ0n) is 7.15. The summed E-state index contributed by atoms with van der Waals surface area (Å²) in [6, 6.07) is 0.833. The monoisotopic (exact) mass is 238 g/mol. The average molecular weight is 239 g/mol. The number of pyridine rings is 1. The number of halogens is 3. The number of nitrogens with zero attached hydrogens (tertiary/aromatic N) is 2. The first kappa shape index (κ1) is 11.7. The lowest BCUT2D eigenvalue weighted by Gasteiger charge is -2.02. The quantitative estimate of drug-likeness (QED) is 0.646. The Hall–Kier alpha value is -1.34. The van der Waals surface area contributed by atoms with E-state index < -0.39 is 34.5 Å². The first-order chi connectivity index (χ1) is 6.97. The third kappa shape index (κ3) is 2.37. The minimum atomic E-state index is -2.95. The highest BCUT2D eigenvalue weighted by atomic mass is 35.5. The van der Waals surface area contributed by atoms with Gasteiger partial charge in [0.25, 0.3) is 0 Å². The average Bonchev–Trinajstić information content (AvgIpc) is 2.17. The van der Waals surface area contributed by atoms with Crippen molar-refractivity contribution in [3.8, 4) is 0 Å². The molecule has 1 heterocycles. The van der Waals surface area contributed by atoms with Crippen LogP contribution in [-0.2, 0) is 6.61 Å². The van der Waals surface area contributed by atoms with Crippen LogP contribution in [0.2, 0.25) is 5.02 Å². The number of hydrogen-bond acceptors (Lipinski definition) is 4. The fraction of sp³-hybridized carbons (Fsp3) is 0.286. The molecule has 0 bridgehead atoms. The van der Waals surface area contributed by atoms with Crippen molar-refractivity contribution in [3.05, 3.63) is 32.5 Å². The van der Waals surface area contributed by atoms with Crippen molar-refractivity contribution in [2.24, 2.45) is 0 Å². The number of rotatable bonds is 3. The minimum Gasteiger partial charge on any atom is -0.392 e. The van der Waals surface area contributed by atoms with E-state index in [2.05, 4.69) is 4.98 Å². The summed E-state index contributed by atoms with van der Waals surface area (Å²) in [7, 11) is 0. The fourth-order valence-electron chi connectivity index (χ4n) is 0.937. The van der Waals surface area contributed by atoms with Crippen LogP contribution >= 0.6 is 11.6 Å². The fourth-order valence-corrected chi connectivity index (χ4v) is 1.16. The third-order valence-electron chi connectivity index (χ3n) is 1.60. The summed E-state index contributed by atoms with van der Waals surface area (Å²) in [5.74, 6) is -0.876. The molecule has 0 fully saturated rings. The topological polar surface area (TPSA) is 76.3 Å². The second-order valence-corrected chi connectivity index (χ2v) is 2.94. The molecule has 0 aliphatic carbocycles. The molecule has 1 aromatic rings. The second kappa shape index (κ2) is 4.45. The van der Waals surface area contributed by atoms with Crippen LogP contribution in [0.15, 0.2) is 6.07 Å². The van der Waals surface area contributed by atoms with Crippen molar-refractivity contribution in [3.63, 3.8) is 0 Å². The first-order valence-corrected chi connectivity index (χ1v) is 4.08. The Balaban J connectivity index is 3.38. The Morgan fingerprint density at radius 1 is 1.67 bits per heavy atom. The molecule has 1 N–H and O–H groups in total. The molecule has 0 amide bonds. The van der Waals surface area contributed by atoms with E-state index in [0.717, 1.165) is 6.07 Å². The highest BCUT2D eigenvalue weighted by Crippen LogP contribution is 2.30. The number of aliphatic hydroxyl groups excluding tert-OH is 1. The predicted octanol–water partition coefficient (Wildman–Crippen LogP) is 2.07. The number of hydrogen-bond donors (Lipinski definition) is 1. The van der Waals surface area contributed by atoms with Gasteiger partial charge in [0.1, 0.15) is 5.02 Å². The molecule has 0 atom stereocenters. The molecule has 8 heteroatoms. The summed E-state index contributed by atoms with van der Waals surface area (Å²) >= 11 is 5.47. The number of aliphatic hydroxyl groups is 1. The zero-order chi connectivity index (χ0) is 11.6. The summed E-state index contributed by atoms with van der Waals surface area (Å²) < 4.78 is 24.5. The van der Waals surface area contributed by atoms with Gasteiger partial charge >= 0.3 is 12.2 Å². The molecule has 0 radical (unpaired) electrons. The molecule has 1 aromatic heterocycles. The van der Waals surface area contributed by atoms with Gasteiger partial charge in [-0.15, -0.1) is 0 Å². The Morgan fingerprint density at radius 3 is 2.67 bits per heavy atom. The maximum absolute atomic E-state index is 12.2. The third-order valence-corrected chi connectivity index (χ3v) is 2.01. The van der Waals surface area contributed by atoms with Crippen LogP contribution < -0.4 is 0 Å². The maximum Gasteiger partial charge on any atom is 0.383 e. The Labute approximate surface area is 87.5 Å². The Bertz CT molecular complexity index is 400. The molecule has 0 aliphatic rings. The van der Waals surface area contributed by atoms with E-state index in [1.165, 1.54) is 0 Å². The van der Waals surface area contributed by atoms with E-state index in [1.54, 1.807) is 0 Å². The van der Waals surface area contributed by atoms with Crippen LogP contribution in [-0.4, -0.2) is 15.0 Å². The standard InChI is InChI=1S/C7H5ClF2N2O3/c8-5-3(2-13)1-4(6(9)10)11-7(5)12(14)15/h1,6,13H,2H2. The summed E-state index contributed by atoms with van der Waals surface area (Å²) in [6.45, 7) is -0.665. The van der Waals surface area contributed by atoms with Crippen molar-refractivity contribution in [1.82, 2.24) is 4.98 Å². The molecular weight excluding hydrogens is 234 g/mol. The minimum absolute atomic E-state index is 0.145. The summed E-state index contributed by atoms with van der Waals surface area (Å²) in [5.41, 5.74) is -0.927. The lowest BCUT2D eigenvalue weighted by molar-refractivity contribution is -0.389. The van der Waals surface area contributed by atoms with E-state index in [1.807, 2.05) is 0 Å². The van der Waals surface area contributed by atoms with E-state index in [-0.39, 0.29) is 5.56 Å². The van der Waals surface area contributed by atoms with Gasteiger partial charge < -0.3 is 15.2 Å². The molecule has 0 spiro atoms. The van der Waals surface area contributed by atoms with Gasteiger partial charge in [-0.2, -0.15) is 0 Å².